The van der Waals surface area contributed by atoms with Gasteiger partial charge in [-0.3, -0.25) is 0 Å². The molecule has 1 saturated heterocycles. The first-order chi connectivity index (χ1) is 12.2. The van der Waals surface area contributed by atoms with Gasteiger partial charge in [0.05, 0.1) is 31.9 Å². The number of furan rings is 1. The first kappa shape index (κ1) is 16.2. The second-order valence-corrected chi connectivity index (χ2v) is 6.51. The molecule has 132 valence electrons. The van der Waals surface area contributed by atoms with E-state index < -0.39 is 0 Å². The van der Waals surface area contributed by atoms with Gasteiger partial charge in [0.1, 0.15) is 23.2 Å². The van der Waals surface area contributed by atoms with Crippen LogP contribution in [0, 0.1) is 0 Å². The van der Waals surface area contributed by atoms with Gasteiger partial charge in [0.15, 0.2) is 0 Å². The molecule has 2 atom stereocenters. The Kier molecular flexibility index (Phi) is 4.46. The van der Waals surface area contributed by atoms with Crippen molar-refractivity contribution in [2.24, 2.45) is 7.05 Å². The zero-order chi connectivity index (χ0) is 17.2. The van der Waals surface area contributed by atoms with Gasteiger partial charge in [0, 0.05) is 25.1 Å². The van der Waals surface area contributed by atoms with E-state index >= 15 is 0 Å². The summed E-state index contributed by atoms with van der Waals surface area (Å²) in [4.78, 5) is 4.19. The van der Waals surface area contributed by atoms with Crippen molar-refractivity contribution in [2.75, 3.05) is 13.7 Å². The molecule has 6 nitrogen and oxygen atoms in total. The second-order valence-electron chi connectivity index (χ2n) is 6.51. The van der Waals surface area contributed by atoms with Crippen LogP contribution < -0.4 is 10.1 Å². The molecule has 1 fully saturated rings. The smallest absolute Gasteiger partial charge is 0.134 e. The third-order valence-electron chi connectivity index (χ3n) is 4.81. The molecule has 1 aliphatic rings. The van der Waals surface area contributed by atoms with Gasteiger partial charge in [-0.15, -0.1) is 0 Å². The Morgan fingerprint density at radius 3 is 3.08 bits per heavy atom. The van der Waals surface area contributed by atoms with Crippen molar-refractivity contribution in [1.29, 1.82) is 0 Å². The molecule has 3 aromatic rings. The van der Waals surface area contributed by atoms with E-state index in [1.807, 2.05) is 42.3 Å². The molecular weight excluding hydrogens is 318 g/mol. The summed E-state index contributed by atoms with van der Waals surface area (Å²) in [6.45, 7) is 1.46. The van der Waals surface area contributed by atoms with Gasteiger partial charge in [0.2, 0.25) is 0 Å². The molecule has 6 heteroatoms. The number of aryl methyl sites for hydroxylation is 1. The summed E-state index contributed by atoms with van der Waals surface area (Å²) in [5.74, 6) is 1.78. The van der Waals surface area contributed by atoms with E-state index in [1.165, 1.54) is 0 Å². The minimum atomic E-state index is 0.0960. The summed E-state index contributed by atoms with van der Waals surface area (Å²) in [5, 5.41) is 4.67. The van der Waals surface area contributed by atoms with Crippen LogP contribution in [0.15, 0.2) is 41.2 Å². The van der Waals surface area contributed by atoms with E-state index in [1.54, 1.807) is 7.11 Å². The molecule has 25 heavy (non-hydrogen) atoms. The number of nitrogens with zero attached hydrogens (tertiary/aromatic N) is 2. The number of rotatable bonds is 5. The lowest BCUT2D eigenvalue weighted by molar-refractivity contribution is -0.00428. The Hall–Kier alpha value is -2.31. The summed E-state index contributed by atoms with van der Waals surface area (Å²) in [7, 11) is 3.68. The molecule has 0 amide bonds. The van der Waals surface area contributed by atoms with Gasteiger partial charge in [-0.05, 0) is 37.1 Å². The number of ether oxygens (including phenoxy) is 2. The van der Waals surface area contributed by atoms with Gasteiger partial charge in [-0.2, -0.15) is 0 Å². The van der Waals surface area contributed by atoms with Gasteiger partial charge >= 0.3 is 0 Å². The molecule has 3 heterocycles. The lowest BCUT2D eigenvalue weighted by Crippen LogP contribution is -2.36. The summed E-state index contributed by atoms with van der Waals surface area (Å²) in [5.41, 5.74) is 2.01. The number of hydrogen-bond acceptors (Lipinski definition) is 5. The van der Waals surface area contributed by atoms with Gasteiger partial charge in [-0.1, -0.05) is 0 Å². The molecule has 0 saturated carbocycles. The molecule has 2 aromatic heterocycles. The van der Waals surface area contributed by atoms with E-state index in [4.69, 9.17) is 13.9 Å². The number of fused-ring (bicyclic) bond motifs is 1. The lowest BCUT2D eigenvalue weighted by Gasteiger charge is -2.30. The van der Waals surface area contributed by atoms with E-state index in [2.05, 4.69) is 16.4 Å². The molecule has 1 aliphatic heterocycles. The highest BCUT2D eigenvalue weighted by Gasteiger charge is 2.25. The van der Waals surface area contributed by atoms with Gasteiger partial charge in [-0.25, -0.2) is 4.98 Å². The molecule has 0 bridgehead atoms. The average Bonchev–Trinajstić information content (AvgIpc) is 3.25. The first-order valence-corrected chi connectivity index (χ1v) is 8.60. The SMILES string of the molecule is COc1ccc2oc(CNC3CCOC(c4cncn4C)C3)cc2c1. The molecular formula is C19H23N3O3. The maximum atomic E-state index is 5.92. The number of benzene rings is 1. The van der Waals surface area contributed by atoms with Crippen LogP contribution in [0.1, 0.15) is 30.4 Å². The maximum Gasteiger partial charge on any atom is 0.134 e. The Bertz CT molecular complexity index is 855. The summed E-state index contributed by atoms with van der Waals surface area (Å²) in [6, 6.07) is 8.33. The highest BCUT2D eigenvalue weighted by atomic mass is 16.5. The van der Waals surface area contributed by atoms with Crippen LogP contribution >= 0.6 is 0 Å². The molecule has 0 aliphatic carbocycles. The Morgan fingerprint density at radius 1 is 1.36 bits per heavy atom. The van der Waals surface area contributed by atoms with Crippen molar-refractivity contribution in [1.82, 2.24) is 14.9 Å². The largest absolute Gasteiger partial charge is 0.497 e. The fraction of sp³-hybridized carbons (Fsp3) is 0.421. The zero-order valence-corrected chi connectivity index (χ0v) is 14.6. The monoisotopic (exact) mass is 341 g/mol. The minimum Gasteiger partial charge on any atom is -0.497 e. The topological polar surface area (TPSA) is 61.4 Å². The highest BCUT2D eigenvalue weighted by Crippen LogP contribution is 2.28. The number of methoxy groups -OCH3 is 1. The van der Waals surface area contributed by atoms with Crippen LogP contribution in [0.2, 0.25) is 0 Å². The average molecular weight is 341 g/mol. The zero-order valence-electron chi connectivity index (χ0n) is 14.6. The van der Waals surface area contributed by atoms with Gasteiger partial charge < -0.3 is 23.8 Å². The Morgan fingerprint density at radius 2 is 2.28 bits per heavy atom. The second kappa shape index (κ2) is 6.90. The minimum absolute atomic E-state index is 0.0960. The van der Waals surface area contributed by atoms with Crippen molar-refractivity contribution in [3.05, 3.63) is 48.2 Å². The number of hydrogen-bond donors (Lipinski definition) is 1. The van der Waals surface area contributed by atoms with Crippen molar-refractivity contribution in [2.45, 2.75) is 31.5 Å². The molecule has 1 N–H and O–H groups in total. The molecule has 0 spiro atoms. The van der Waals surface area contributed by atoms with Crippen LogP contribution in [0.3, 0.4) is 0 Å². The van der Waals surface area contributed by atoms with Crippen LogP contribution in [0.25, 0.3) is 11.0 Å². The van der Waals surface area contributed by atoms with E-state index in [-0.39, 0.29) is 6.10 Å². The standard InChI is InChI=1S/C19H23N3O3/c1-22-12-20-11-17(22)19-9-14(5-6-24-19)21-10-16-8-13-7-15(23-2)3-4-18(13)25-16/h3-4,7-8,11-12,14,19,21H,5-6,9-10H2,1-2H3. The lowest BCUT2D eigenvalue weighted by atomic mass is 10.0. The highest BCUT2D eigenvalue weighted by molar-refractivity contribution is 5.79. The third kappa shape index (κ3) is 3.41. The summed E-state index contributed by atoms with van der Waals surface area (Å²) >= 11 is 0. The fourth-order valence-corrected chi connectivity index (χ4v) is 3.40. The van der Waals surface area contributed by atoms with Crippen molar-refractivity contribution < 1.29 is 13.9 Å². The maximum absolute atomic E-state index is 5.92. The molecule has 4 rings (SSSR count). The molecule has 2 unspecified atom stereocenters. The number of imidazole rings is 1. The normalized spacial score (nSPS) is 20.9. The van der Waals surface area contributed by atoms with E-state index in [9.17, 15) is 0 Å². The van der Waals surface area contributed by atoms with Crippen LogP contribution in [-0.2, 0) is 18.3 Å². The molecule has 0 radical (unpaired) electrons. The third-order valence-corrected chi connectivity index (χ3v) is 4.81. The Balaban J connectivity index is 1.40. The quantitative estimate of drug-likeness (QED) is 0.772. The predicted molar refractivity (Wildman–Crippen MR) is 94.5 cm³/mol. The van der Waals surface area contributed by atoms with Gasteiger partial charge in [0.25, 0.3) is 0 Å². The number of nitrogens with one attached hydrogen (secondary N) is 1. The van der Waals surface area contributed by atoms with Crippen molar-refractivity contribution >= 4 is 11.0 Å². The van der Waals surface area contributed by atoms with E-state index in [0.717, 1.165) is 47.6 Å². The van der Waals surface area contributed by atoms with Crippen LogP contribution in [0.4, 0.5) is 0 Å². The Labute approximate surface area is 146 Å². The fourth-order valence-electron chi connectivity index (χ4n) is 3.40. The number of aromatic nitrogens is 2. The first-order valence-electron chi connectivity index (χ1n) is 8.60. The van der Waals surface area contributed by atoms with Crippen molar-refractivity contribution in [3.63, 3.8) is 0 Å². The van der Waals surface area contributed by atoms with Crippen molar-refractivity contribution in [3.8, 4) is 5.75 Å². The summed E-state index contributed by atoms with van der Waals surface area (Å²) in [6.07, 6.45) is 5.74. The van der Waals surface area contributed by atoms with Crippen LogP contribution in [0.5, 0.6) is 5.75 Å². The van der Waals surface area contributed by atoms with E-state index in [0.29, 0.717) is 12.6 Å². The summed E-state index contributed by atoms with van der Waals surface area (Å²) < 4.78 is 19.1. The van der Waals surface area contributed by atoms with Crippen LogP contribution in [-0.4, -0.2) is 29.3 Å². The molecule has 1 aromatic carbocycles. The predicted octanol–water partition coefficient (Wildman–Crippen LogP) is 3.18.